The Hall–Kier alpha value is -3.17. The Morgan fingerprint density at radius 2 is 1.57 bits per heavy atom. The number of carbonyl (C=O) groups is 3. The number of ketones is 2. The van der Waals surface area contributed by atoms with Crippen molar-refractivity contribution in [3.63, 3.8) is 0 Å². The van der Waals surface area contributed by atoms with E-state index in [4.69, 9.17) is 28.6 Å². The zero-order valence-electron chi connectivity index (χ0n) is 22.0. The molecule has 0 radical (unpaired) electrons. The van der Waals surface area contributed by atoms with E-state index in [1.165, 1.54) is 12.4 Å². The topological polar surface area (TPSA) is 103 Å². The van der Waals surface area contributed by atoms with E-state index in [9.17, 15) is 23.2 Å². The molecule has 4 rings (SSSR count). The maximum atomic E-state index is 14.0. The first-order valence-electron chi connectivity index (χ1n) is 13.2. The van der Waals surface area contributed by atoms with Crippen molar-refractivity contribution < 1.29 is 23.2 Å². The van der Waals surface area contributed by atoms with Crippen molar-refractivity contribution in [3.05, 3.63) is 74.7 Å². The monoisotopic (exact) mass is 590 g/mol. The average Bonchev–Trinajstić information content (AvgIpc) is 3.73. The van der Waals surface area contributed by atoms with Gasteiger partial charge in [-0.1, -0.05) is 23.2 Å². The summed E-state index contributed by atoms with van der Waals surface area (Å²) in [4.78, 5) is 44.0. The molecule has 2 aliphatic carbocycles. The summed E-state index contributed by atoms with van der Waals surface area (Å²) >= 11 is 12.3. The summed E-state index contributed by atoms with van der Waals surface area (Å²) in [5.74, 6) is -2.60. The van der Waals surface area contributed by atoms with Gasteiger partial charge < -0.3 is 15.6 Å². The highest BCUT2D eigenvalue weighted by Crippen LogP contribution is 2.38. The molecule has 1 aromatic heterocycles. The Morgan fingerprint density at radius 3 is 2.10 bits per heavy atom. The SMILES string of the molecule is CC(=O)[C@H]1CC[C@H](N/C(=C(\C=N)C(=O)N(CC(=O)c2c(Cl)cncc2Cl)Cc2cc(F)cc(F)c2)C2CC2)CC1. The zero-order chi connectivity index (χ0) is 29.0. The molecular formula is C29H30Cl2F2N4O3. The van der Waals surface area contributed by atoms with Crippen LogP contribution < -0.4 is 5.32 Å². The molecule has 40 heavy (non-hydrogen) atoms. The Kier molecular flexibility index (Phi) is 9.68. The van der Waals surface area contributed by atoms with Gasteiger partial charge in [-0.05, 0) is 69.1 Å². The first-order chi connectivity index (χ1) is 19.1. The molecule has 1 amide bonds. The molecule has 1 aromatic carbocycles. The molecule has 0 bridgehead atoms. The van der Waals surface area contributed by atoms with E-state index < -0.39 is 29.9 Å². The summed E-state index contributed by atoms with van der Waals surface area (Å²) in [6, 6.07) is 2.93. The van der Waals surface area contributed by atoms with Crippen molar-refractivity contribution in [2.75, 3.05) is 6.54 Å². The van der Waals surface area contributed by atoms with Gasteiger partial charge in [0, 0.05) is 48.9 Å². The molecule has 0 aliphatic heterocycles. The quantitative estimate of drug-likeness (QED) is 0.192. The second-order valence-corrected chi connectivity index (χ2v) is 11.2. The highest BCUT2D eigenvalue weighted by Gasteiger charge is 2.35. The number of pyridine rings is 1. The number of rotatable bonds is 11. The number of hydrogen-bond acceptors (Lipinski definition) is 6. The minimum atomic E-state index is -0.821. The first kappa shape index (κ1) is 29.8. The fraction of sp³-hybridized carbons (Fsp3) is 0.414. The lowest BCUT2D eigenvalue weighted by molar-refractivity contribution is -0.126. The molecule has 0 spiro atoms. The third-order valence-electron chi connectivity index (χ3n) is 7.36. The number of benzene rings is 1. The predicted octanol–water partition coefficient (Wildman–Crippen LogP) is 5.93. The Morgan fingerprint density at radius 1 is 1.00 bits per heavy atom. The summed E-state index contributed by atoms with van der Waals surface area (Å²) in [7, 11) is 0. The summed E-state index contributed by atoms with van der Waals surface area (Å²) in [6.07, 6.45) is 8.16. The van der Waals surface area contributed by atoms with E-state index in [0.29, 0.717) is 5.70 Å². The fourth-order valence-electron chi connectivity index (χ4n) is 5.13. The normalized spacial score (nSPS) is 19.4. The van der Waals surface area contributed by atoms with Crippen LogP contribution in [0.15, 0.2) is 41.9 Å². The van der Waals surface area contributed by atoms with Crippen LogP contribution in [-0.2, 0) is 16.1 Å². The van der Waals surface area contributed by atoms with Gasteiger partial charge in [0.1, 0.15) is 17.4 Å². The van der Waals surface area contributed by atoms with Gasteiger partial charge in [-0.3, -0.25) is 19.4 Å². The number of carbonyl (C=O) groups excluding carboxylic acids is 3. The lowest BCUT2D eigenvalue weighted by Crippen LogP contribution is -2.40. The number of amides is 1. The van der Waals surface area contributed by atoms with Gasteiger partial charge in [-0.15, -0.1) is 0 Å². The number of Topliss-reactive ketones (excluding diaryl/α,β-unsaturated/α-hetero) is 2. The predicted molar refractivity (Wildman–Crippen MR) is 148 cm³/mol. The van der Waals surface area contributed by atoms with Gasteiger partial charge in [-0.25, -0.2) is 8.78 Å². The Labute approximate surface area is 241 Å². The summed E-state index contributed by atoms with van der Waals surface area (Å²) < 4.78 is 28.0. The van der Waals surface area contributed by atoms with Crippen LogP contribution in [0.5, 0.6) is 0 Å². The van der Waals surface area contributed by atoms with E-state index in [0.717, 1.165) is 67.8 Å². The van der Waals surface area contributed by atoms with Gasteiger partial charge in [0.15, 0.2) is 5.78 Å². The van der Waals surface area contributed by atoms with E-state index in [-0.39, 0.29) is 57.0 Å². The van der Waals surface area contributed by atoms with Crippen molar-refractivity contribution in [2.24, 2.45) is 11.8 Å². The number of nitrogens with zero attached hydrogens (tertiary/aromatic N) is 2. The largest absolute Gasteiger partial charge is 0.385 e. The van der Waals surface area contributed by atoms with Crippen LogP contribution in [0, 0.1) is 28.9 Å². The molecule has 0 atom stereocenters. The fourth-order valence-corrected chi connectivity index (χ4v) is 5.70. The maximum absolute atomic E-state index is 14.0. The minimum Gasteiger partial charge on any atom is -0.385 e. The summed E-state index contributed by atoms with van der Waals surface area (Å²) in [5.41, 5.74) is 0.810. The van der Waals surface area contributed by atoms with Crippen LogP contribution in [0.1, 0.15) is 61.4 Å². The smallest absolute Gasteiger partial charge is 0.257 e. The molecular weight excluding hydrogens is 561 g/mol. The molecule has 0 saturated heterocycles. The number of nitrogens with one attached hydrogen (secondary N) is 2. The second kappa shape index (κ2) is 13.0. The van der Waals surface area contributed by atoms with Crippen molar-refractivity contribution in [3.8, 4) is 0 Å². The van der Waals surface area contributed by atoms with Crippen LogP contribution >= 0.6 is 23.2 Å². The lowest BCUT2D eigenvalue weighted by Gasteiger charge is -2.31. The van der Waals surface area contributed by atoms with E-state index >= 15 is 0 Å². The van der Waals surface area contributed by atoms with Gasteiger partial charge in [0.25, 0.3) is 5.91 Å². The van der Waals surface area contributed by atoms with Crippen LogP contribution in [0.3, 0.4) is 0 Å². The molecule has 0 unspecified atom stereocenters. The molecule has 2 N–H and O–H groups in total. The number of halogens is 4. The van der Waals surface area contributed by atoms with Gasteiger partial charge in [0.2, 0.25) is 0 Å². The van der Waals surface area contributed by atoms with E-state index in [1.54, 1.807) is 6.92 Å². The third-order valence-corrected chi connectivity index (χ3v) is 7.94. The van der Waals surface area contributed by atoms with Gasteiger partial charge >= 0.3 is 0 Å². The molecule has 2 aliphatic rings. The highest BCUT2D eigenvalue weighted by molar-refractivity contribution is 6.39. The van der Waals surface area contributed by atoms with Crippen LogP contribution in [0.2, 0.25) is 10.0 Å². The standard InChI is InChI=1S/C29H30Cl2F2N4O3/c1-16(38)18-4-6-22(7-5-18)36-28(19-2-3-19)23(11-34)29(40)37(14-17-8-20(32)10-21(33)9-17)15-26(39)27-24(30)12-35-13-25(27)31/h8-13,18-19,22,34,36H,2-7,14-15H2,1H3/b28-23+,34-11?/t18-,22-. The van der Waals surface area contributed by atoms with Crippen LogP contribution in [-0.4, -0.2) is 46.2 Å². The second-order valence-electron chi connectivity index (χ2n) is 10.4. The Bertz CT molecular complexity index is 1310. The number of hydrogen-bond donors (Lipinski definition) is 2. The van der Waals surface area contributed by atoms with Crippen molar-refractivity contribution in [1.82, 2.24) is 15.2 Å². The van der Waals surface area contributed by atoms with Crippen LogP contribution in [0.4, 0.5) is 8.78 Å². The van der Waals surface area contributed by atoms with E-state index in [2.05, 4.69) is 10.3 Å². The molecule has 7 nitrogen and oxygen atoms in total. The molecule has 2 aromatic rings. The zero-order valence-corrected chi connectivity index (χ0v) is 23.5. The van der Waals surface area contributed by atoms with E-state index in [1.807, 2.05) is 0 Å². The third kappa shape index (κ3) is 7.31. The summed E-state index contributed by atoms with van der Waals surface area (Å²) in [6.45, 7) is 0.810. The molecule has 11 heteroatoms. The number of allylic oxidation sites excluding steroid dienone is 1. The lowest BCUT2D eigenvalue weighted by atomic mass is 9.83. The summed E-state index contributed by atoms with van der Waals surface area (Å²) in [5, 5.41) is 11.6. The van der Waals surface area contributed by atoms with Gasteiger partial charge in [0.05, 0.1) is 27.7 Å². The molecule has 2 saturated carbocycles. The minimum absolute atomic E-state index is 0.00557. The molecule has 2 fully saturated rings. The van der Waals surface area contributed by atoms with Crippen molar-refractivity contribution in [1.29, 1.82) is 5.41 Å². The highest BCUT2D eigenvalue weighted by atomic mass is 35.5. The Balaban J connectivity index is 1.65. The van der Waals surface area contributed by atoms with Crippen LogP contribution in [0.25, 0.3) is 0 Å². The van der Waals surface area contributed by atoms with Crippen molar-refractivity contribution >= 4 is 46.9 Å². The average molecular weight is 591 g/mol. The number of aromatic nitrogens is 1. The first-order valence-corrected chi connectivity index (χ1v) is 13.9. The molecule has 212 valence electrons. The molecule has 1 heterocycles. The van der Waals surface area contributed by atoms with Gasteiger partial charge in [-0.2, -0.15) is 0 Å². The van der Waals surface area contributed by atoms with Crippen molar-refractivity contribution in [2.45, 2.75) is 58.0 Å². The maximum Gasteiger partial charge on any atom is 0.257 e.